The molecule has 0 unspecified atom stereocenters. The zero-order valence-electron chi connectivity index (χ0n) is 14.0. The summed E-state index contributed by atoms with van der Waals surface area (Å²) >= 11 is 0. The maximum Gasteiger partial charge on any atom is 0.311 e. The first-order valence-electron chi connectivity index (χ1n) is 7.80. The van der Waals surface area contributed by atoms with E-state index in [0.717, 1.165) is 0 Å². The van der Waals surface area contributed by atoms with Gasteiger partial charge in [0.05, 0.1) is 26.1 Å². The molecule has 0 saturated carbocycles. The molecule has 0 atom stereocenters. The van der Waals surface area contributed by atoms with E-state index in [-0.39, 0.29) is 18.9 Å². The molecule has 24 heavy (non-hydrogen) atoms. The minimum atomic E-state index is -0.960. The highest BCUT2D eigenvalue weighted by Crippen LogP contribution is 2.31. The summed E-state index contributed by atoms with van der Waals surface area (Å²) in [4.78, 5) is 23.9. The zero-order chi connectivity index (χ0) is 17.6. The number of aliphatic carboxylic acids is 1. The van der Waals surface area contributed by atoms with Crippen LogP contribution in [0.2, 0.25) is 0 Å². The third-order valence-electron chi connectivity index (χ3n) is 4.39. The number of rotatable bonds is 7. The van der Waals surface area contributed by atoms with Gasteiger partial charge in [0.1, 0.15) is 11.5 Å². The standard InChI is InChI=1S/C17H23NO6/c1-22-13-4-3-5-14(23-2)12(13)10-15(19)18-11-17(16(20)21)6-8-24-9-7-17/h3-5H,6-11H2,1-2H3,(H,18,19)(H,20,21). The third kappa shape index (κ3) is 3.97. The lowest BCUT2D eigenvalue weighted by Gasteiger charge is -2.33. The van der Waals surface area contributed by atoms with Crippen molar-refractivity contribution >= 4 is 11.9 Å². The lowest BCUT2D eigenvalue weighted by Crippen LogP contribution is -2.46. The van der Waals surface area contributed by atoms with Crippen LogP contribution in [0.4, 0.5) is 0 Å². The topological polar surface area (TPSA) is 94.1 Å². The summed E-state index contributed by atoms with van der Waals surface area (Å²) in [5.41, 5.74) is -0.324. The fourth-order valence-electron chi connectivity index (χ4n) is 2.82. The summed E-state index contributed by atoms with van der Waals surface area (Å²) in [7, 11) is 3.05. The average Bonchev–Trinajstić information content (AvgIpc) is 2.60. The van der Waals surface area contributed by atoms with E-state index in [2.05, 4.69) is 5.32 Å². The molecule has 1 saturated heterocycles. The normalized spacial score (nSPS) is 16.2. The number of amides is 1. The number of carboxylic acid groups (broad SMARTS) is 1. The van der Waals surface area contributed by atoms with Gasteiger partial charge in [0.25, 0.3) is 0 Å². The van der Waals surface area contributed by atoms with Crippen LogP contribution in [0.3, 0.4) is 0 Å². The van der Waals surface area contributed by atoms with Crippen LogP contribution < -0.4 is 14.8 Å². The summed E-state index contributed by atoms with van der Waals surface area (Å²) in [6.45, 7) is 0.868. The van der Waals surface area contributed by atoms with Crippen molar-refractivity contribution < 1.29 is 28.9 Å². The highest BCUT2D eigenvalue weighted by atomic mass is 16.5. The smallest absolute Gasteiger partial charge is 0.311 e. The predicted octanol–water partition coefficient (Wildman–Crippen LogP) is 1.24. The van der Waals surface area contributed by atoms with Crippen molar-refractivity contribution in [3.63, 3.8) is 0 Å². The Bertz CT molecular complexity index is 572. The van der Waals surface area contributed by atoms with E-state index in [9.17, 15) is 14.7 Å². The van der Waals surface area contributed by atoms with Crippen molar-refractivity contribution in [2.75, 3.05) is 34.0 Å². The van der Waals surface area contributed by atoms with Crippen molar-refractivity contribution in [3.05, 3.63) is 23.8 Å². The van der Waals surface area contributed by atoms with Crippen LogP contribution in [-0.2, 0) is 20.7 Å². The van der Waals surface area contributed by atoms with E-state index in [1.54, 1.807) is 18.2 Å². The molecule has 132 valence electrons. The largest absolute Gasteiger partial charge is 0.496 e. The molecule has 1 aliphatic heterocycles. The van der Waals surface area contributed by atoms with Gasteiger partial charge in [-0.25, -0.2) is 0 Å². The minimum Gasteiger partial charge on any atom is -0.496 e. The molecule has 1 aromatic carbocycles. The Morgan fingerprint density at radius 3 is 2.29 bits per heavy atom. The Morgan fingerprint density at radius 1 is 1.21 bits per heavy atom. The predicted molar refractivity (Wildman–Crippen MR) is 86.4 cm³/mol. The molecule has 1 amide bonds. The Balaban J connectivity index is 2.04. The zero-order valence-corrected chi connectivity index (χ0v) is 14.0. The number of hydrogen-bond acceptors (Lipinski definition) is 5. The summed E-state index contributed by atoms with van der Waals surface area (Å²) in [5.74, 6) is -0.0575. The number of benzene rings is 1. The van der Waals surface area contributed by atoms with Crippen molar-refractivity contribution in [3.8, 4) is 11.5 Å². The first kappa shape index (κ1) is 18.1. The van der Waals surface area contributed by atoms with Crippen molar-refractivity contribution in [1.29, 1.82) is 0 Å². The maximum absolute atomic E-state index is 12.3. The van der Waals surface area contributed by atoms with Gasteiger partial charge in [-0.1, -0.05) is 6.07 Å². The molecule has 2 rings (SSSR count). The van der Waals surface area contributed by atoms with Crippen LogP contribution in [0.5, 0.6) is 11.5 Å². The Labute approximate surface area is 140 Å². The number of hydrogen-bond donors (Lipinski definition) is 2. The van der Waals surface area contributed by atoms with Gasteiger partial charge in [-0.05, 0) is 25.0 Å². The van der Waals surface area contributed by atoms with Crippen LogP contribution in [0.15, 0.2) is 18.2 Å². The molecule has 1 aliphatic rings. The van der Waals surface area contributed by atoms with Gasteiger partial charge < -0.3 is 24.6 Å². The van der Waals surface area contributed by atoms with Crippen LogP contribution >= 0.6 is 0 Å². The summed E-state index contributed by atoms with van der Waals surface area (Å²) in [6.07, 6.45) is 0.834. The number of ether oxygens (including phenoxy) is 3. The second-order valence-corrected chi connectivity index (χ2v) is 5.79. The van der Waals surface area contributed by atoms with E-state index in [4.69, 9.17) is 14.2 Å². The number of nitrogens with one attached hydrogen (secondary N) is 1. The van der Waals surface area contributed by atoms with E-state index < -0.39 is 11.4 Å². The minimum absolute atomic E-state index is 0.0549. The number of carbonyl (C=O) groups excluding carboxylic acids is 1. The molecule has 7 heteroatoms. The number of carboxylic acids is 1. The van der Waals surface area contributed by atoms with E-state index >= 15 is 0 Å². The summed E-state index contributed by atoms with van der Waals surface area (Å²) in [6, 6.07) is 5.28. The van der Waals surface area contributed by atoms with Gasteiger partial charge >= 0.3 is 5.97 Å². The molecule has 7 nitrogen and oxygen atoms in total. The van der Waals surface area contributed by atoms with E-state index in [1.165, 1.54) is 14.2 Å². The molecule has 1 heterocycles. The molecule has 1 aromatic rings. The fraction of sp³-hybridized carbons (Fsp3) is 0.529. The highest BCUT2D eigenvalue weighted by Gasteiger charge is 2.40. The quantitative estimate of drug-likeness (QED) is 0.777. The van der Waals surface area contributed by atoms with Crippen LogP contribution in [0, 0.1) is 5.41 Å². The monoisotopic (exact) mass is 337 g/mol. The van der Waals surface area contributed by atoms with Crippen LogP contribution in [0.1, 0.15) is 18.4 Å². The molecule has 1 fully saturated rings. The van der Waals surface area contributed by atoms with Gasteiger partial charge in [-0.2, -0.15) is 0 Å². The molecule has 0 spiro atoms. The van der Waals surface area contributed by atoms with Gasteiger partial charge in [-0.3, -0.25) is 9.59 Å². The molecule has 0 radical (unpaired) electrons. The summed E-state index contributed by atoms with van der Waals surface area (Å²) in [5, 5.41) is 12.2. The second kappa shape index (κ2) is 8.01. The highest BCUT2D eigenvalue weighted by molar-refractivity contribution is 5.82. The molecule has 0 bridgehead atoms. The van der Waals surface area contributed by atoms with Crippen molar-refractivity contribution in [1.82, 2.24) is 5.32 Å². The molecular weight excluding hydrogens is 314 g/mol. The maximum atomic E-state index is 12.3. The number of methoxy groups -OCH3 is 2. The van der Waals surface area contributed by atoms with E-state index in [0.29, 0.717) is 43.1 Å². The van der Waals surface area contributed by atoms with Crippen LogP contribution in [-0.4, -0.2) is 51.0 Å². The molecule has 0 aliphatic carbocycles. The van der Waals surface area contributed by atoms with Crippen LogP contribution in [0.25, 0.3) is 0 Å². The lowest BCUT2D eigenvalue weighted by atomic mass is 9.80. The average molecular weight is 337 g/mol. The SMILES string of the molecule is COc1cccc(OC)c1CC(=O)NCC1(C(=O)O)CCOCC1. The molecule has 0 aromatic heterocycles. The Hall–Kier alpha value is -2.28. The third-order valence-corrected chi connectivity index (χ3v) is 4.39. The van der Waals surface area contributed by atoms with Crippen molar-refractivity contribution in [2.24, 2.45) is 5.41 Å². The van der Waals surface area contributed by atoms with Gasteiger partial charge in [-0.15, -0.1) is 0 Å². The van der Waals surface area contributed by atoms with Gasteiger partial charge in [0.15, 0.2) is 0 Å². The molecular formula is C17H23NO6. The fourth-order valence-corrected chi connectivity index (χ4v) is 2.82. The first-order valence-corrected chi connectivity index (χ1v) is 7.80. The lowest BCUT2D eigenvalue weighted by molar-refractivity contribution is -0.154. The second-order valence-electron chi connectivity index (χ2n) is 5.79. The number of carbonyl (C=O) groups is 2. The van der Waals surface area contributed by atoms with Crippen molar-refractivity contribution in [2.45, 2.75) is 19.3 Å². The van der Waals surface area contributed by atoms with Gasteiger partial charge in [0, 0.05) is 25.3 Å². The summed E-state index contributed by atoms with van der Waals surface area (Å²) < 4.78 is 15.8. The first-order chi connectivity index (χ1) is 11.5. The Morgan fingerprint density at radius 2 is 1.79 bits per heavy atom. The van der Waals surface area contributed by atoms with Gasteiger partial charge in [0.2, 0.25) is 5.91 Å². The van der Waals surface area contributed by atoms with E-state index in [1.807, 2.05) is 0 Å². The Kier molecular flexibility index (Phi) is 6.03. The molecule has 2 N–H and O–H groups in total.